The molecule has 184 valence electrons. The Labute approximate surface area is 200 Å². The first kappa shape index (κ1) is 25.2. The maximum absolute atomic E-state index is 11.8. The zero-order valence-corrected chi connectivity index (χ0v) is 19.8. The Hall–Kier alpha value is -3.42. The molecule has 0 aromatic heterocycles. The fourth-order valence-corrected chi connectivity index (χ4v) is 3.85. The first-order valence-electron chi connectivity index (χ1n) is 11.7. The summed E-state index contributed by atoms with van der Waals surface area (Å²) < 4.78 is 23.0. The summed E-state index contributed by atoms with van der Waals surface area (Å²) in [5.41, 5.74) is 7.63. The van der Waals surface area contributed by atoms with Gasteiger partial charge in [-0.25, -0.2) is 4.79 Å². The summed E-state index contributed by atoms with van der Waals surface area (Å²) in [6.07, 6.45) is 5.34. The maximum atomic E-state index is 11.8. The molecule has 0 heterocycles. The minimum atomic E-state index is -1.02. The molecule has 0 aliphatic heterocycles. The molecule has 1 amide bonds. The number of carboxylic acid groups (broad SMARTS) is 1. The Morgan fingerprint density at radius 2 is 1.65 bits per heavy atom. The largest absolute Gasteiger partial charge is 0.495 e. The second-order valence-electron chi connectivity index (χ2n) is 8.35. The van der Waals surface area contributed by atoms with Crippen LogP contribution in [0.2, 0.25) is 0 Å². The van der Waals surface area contributed by atoms with Crippen LogP contribution in [0.25, 0.3) is 0 Å². The summed E-state index contributed by atoms with van der Waals surface area (Å²) in [6.45, 7) is 2.50. The molecule has 2 aromatic rings. The Balaban J connectivity index is 1.61. The maximum Gasteiger partial charge on any atom is 0.341 e. The average Bonchev–Trinajstić information content (AvgIpc) is 3.63. The summed E-state index contributed by atoms with van der Waals surface area (Å²) in [6, 6.07) is 8.83. The van der Waals surface area contributed by atoms with E-state index in [0.29, 0.717) is 54.1 Å². The summed E-state index contributed by atoms with van der Waals surface area (Å²) >= 11 is 0. The summed E-state index contributed by atoms with van der Waals surface area (Å²) in [7, 11) is 1.54. The van der Waals surface area contributed by atoms with Gasteiger partial charge >= 0.3 is 5.97 Å². The lowest BCUT2D eigenvalue weighted by molar-refractivity contribution is -0.139. The van der Waals surface area contributed by atoms with Crippen LogP contribution in [0.5, 0.6) is 23.0 Å². The number of rotatable bonds is 15. The lowest BCUT2D eigenvalue weighted by Gasteiger charge is -2.18. The zero-order valence-electron chi connectivity index (χ0n) is 19.8. The standard InChI is InChI=1S/C26H33NO7/c1-3-6-18-21(7-4-8-22(18)34-16-24(28)29)32-13-5-14-33-23-12-11-19(26(27)30)25(31-2)20(23)15-17-9-10-17/h4,7-8,11-12,17H,3,5-6,9-10,13-16H2,1-2H3,(H2,27,30)(H,28,29). The normalized spacial score (nSPS) is 12.8. The molecule has 0 bridgehead atoms. The molecule has 0 spiro atoms. The molecule has 3 N–H and O–H groups in total. The number of nitrogens with two attached hydrogens (primary N) is 1. The summed E-state index contributed by atoms with van der Waals surface area (Å²) in [5.74, 6) is 1.45. The van der Waals surface area contributed by atoms with E-state index in [2.05, 4.69) is 0 Å². The first-order valence-corrected chi connectivity index (χ1v) is 11.7. The Morgan fingerprint density at radius 1 is 1.00 bits per heavy atom. The molecule has 8 nitrogen and oxygen atoms in total. The van der Waals surface area contributed by atoms with Crippen molar-refractivity contribution in [1.82, 2.24) is 0 Å². The average molecular weight is 472 g/mol. The van der Waals surface area contributed by atoms with Crippen LogP contribution in [0.4, 0.5) is 0 Å². The van der Waals surface area contributed by atoms with Gasteiger partial charge in [0.05, 0.1) is 25.9 Å². The second-order valence-corrected chi connectivity index (χ2v) is 8.35. The van der Waals surface area contributed by atoms with Crippen molar-refractivity contribution >= 4 is 11.9 Å². The monoisotopic (exact) mass is 471 g/mol. The number of primary amides is 1. The molecule has 2 aromatic carbocycles. The van der Waals surface area contributed by atoms with Gasteiger partial charge in [0.25, 0.3) is 5.91 Å². The van der Waals surface area contributed by atoms with E-state index in [1.807, 2.05) is 13.0 Å². The highest BCUT2D eigenvalue weighted by atomic mass is 16.5. The highest BCUT2D eigenvalue weighted by Gasteiger charge is 2.27. The predicted octanol–water partition coefficient (Wildman–Crippen LogP) is 4.01. The molecule has 1 fully saturated rings. The Kier molecular flexibility index (Phi) is 9.01. The second kappa shape index (κ2) is 12.2. The third-order valence-corrected chi connectivity index (χ3v) is 5.62. The number of hydrogen-bond donors (Lipinski definition) is 2. The van der Waals surface area contributed by atoms with E-state index in [0.717, 1.165) is 43.2 Å². The quantitative estimate of drug-likeness (QED) is 0.377. The van der Waals surface area contributed by atoms with Crippen molar-refractivity contribution in [1.29, 1.82) is 0 Å². The number of benzene rings is 2. The van der Waals surface area contributed by atoms with Crippen molar-refractivity contribution in [3.05, 3.63) is 47.0 Å². The predicted molar refractivity (Wildman–Crippen MR) is 127 cm³/mol. The topological polar surface area (TPSA) is 117 Å². The van der Waals surface area contributed by atoms with Gasteiger partial charge in [0.2, 0.25) is 0 Å². The third-order valence-electron chi connectivity index (χ3n) is 5.62. The van der Waals surface area contributed by atoms with Crippen LogP contribution in [0.1, 0.15) is 54.1 Å². The van der Waals surface area contributed by atoms with Gasteiger partial charge in [-0.15, -0.1) is 0 Å². The van der Waals surface area contributed by atoms with Gasteiger partial charge in [-0.2, -0.15) is 0 Å². The van der Waals surface area contributed by atoms with Crippen LogP contribution < -0.4 is 24.7 Å². The number of methoxy groups -OCH3 is 1. The van der Waals surface area contributed by atoms with Gasteiger partial charge in [-0.05, 0) is 55.9 Å². The molecule has 34 heavy (non-hydrogen) atoms. The van der Waals surface area contributed by atoms with Crippen molar-refractivity contribution in [2.24, 2.45) is 11.7 Å². The van der Waals surface area contributed by atoms with E-state index in [9.17, 15) is 9.59 Å². The highest BCUT2D eigenvalue weighted by molar-refractivity contribution is 5.96. The van der Waals surface area contributed by atoms with Crippen LogP contribution in [0, 0.1) is 5.92 Å². The zero-order chi connectivity index (χ0) is 24.5. The summed E-state index contributed by atoms with van der Waals surface area (Å²) in [5, 5.41) is 8.90. The SMILES string of the molecule is CCCc1c(OCCCOc2ccc(C(N)=O)c(OC)c2CC2CC2)cccc1OCC(=O)O. The van der Waals surface area contributed by atoms with E-state index in [-0.39, 0.29) is 0 Å². The van der Waals surface area contributed by atoms with Gasteiger partial charge in [-0.1, -0.05) is 19.4 Å². The van der Waals surface area contributed by atoms with Crippen LogP contribution in [0.15, 0.2) is 30.3 Å². The van der Waals surface area contributed by atoms with Crippen molar-refractivity contribution in [3.63, 3.8) is 0 Å². The molecule has 0 atom stereocenters. The molecule has 1 aliphatic carbocycles. The van der Waals surface area contributed by atoms with E-state index >= 15 is 0 Å². The van der Waals surface area contributed by atoms with Crippen LogP contribution >= 0.6 is 0 Å². The number of hydrogen-bond acceptors (Lipinski definition) is 6. The highest BCUT2D eigenvalue weighted by Crippen LogP contribution is 2.40. The Morgan fingerprint density at radius 3 is 2.21 bits per heavy atom. The van der Waals surface area contributed by atoms with E-state index in [1.165, 1.54) is 7.11 Å². The van der Waals surface area contributed by atoms with Gasteiger partial charge in [0, 0.05) is 17.5 Å². The minimum absolute atomic E-state index is 0.363. The number of ether oxygens (including phenoxy) is 4. The molecule has 1 aliphatic rings. The van der Waals surface area contributed by atoms with Crippen molar-refractivity contribution in [3.8, 4) is 23.0 Å². The van der Waals surface area contributed by atoms with E-state index in [4.69, 9.17) is 29.8 Å². The van der Waals surface area contributed by atoms with Crippen molar-refractivity contribution in [2.75, 3.05) is 26.9 Å². The molecule has 1 saturated carbocycles. The fourth-order valence-electron chi connectivity index (χ4n) is 3.85. The van der Waals surface area contributed by atoms with Crippen molar-refractivity contribution < 1.29 is 33.6 Å². The number of carbonyl (C=O) groups is 2. The molecule has 3 rings (SSSR count). The van der Waals surface area contributed by atoms with E-state index < -0.39 is 18.5 Å². The first-order chi connectivity index (χ1) is 16.4. The number of amides is 1. The number of aliphatic carboxylic acids is 1. The molecule has 0 radical (unpaired) electrons. The molecule has 0 unspecified atom stereocenters. The smallest absolute Gasteiger partial charge is 0.341 e. The van der Waals surface area contributed by atoms with Crippen molar-refractivity contribution in [2.45, 2.75) is 45.4 Å². The van der Waals surface area contributed by atoms with Gasteiger partial charge in [-0.3, -0.25) is 4.79 Å². The van der Waals surface area contributed by atoms with Crippen LogP contribution in [-0.4, -0.2) is 43.9 Å². The van der Waals surface area contributed by atoms with E-state index in [1.54, 1.807) is 24.3 Å². The molecular formula is C26H33NO7. The Bertz CT molecular complexity index is 1000. The third kappa shape index (κ3) is 6.79. The number of carboxylic acids is 1. The molecular weight excluding hydrogens is 438 g/mol. The van der Waals surface area contributed by atoms with Crippen LogP contribution in [0.3, 0.4) is 0 Å². The lowest BCUT2D eigenvalue weighted by atomic mass is 10.0. The van der Waals surface area contributed by atoms with Crippen LogP contribution in [-0.2, 0) is 17.6 Å². The molecule has 0 saturated heterocycles. The lowest BCUT2D eigenvalue weighted by Crippen LogP contribution is -2.15. The number of carbonyl (C=O) groups excluding carboxylic acids is 1. The summed E-state index contributed by atoms with van der Waals surface area (Å²) in [4.78, 5) is 22.7. The van der Waals surface area contributed by atoms with Gasteiger partial charge < -0.3 is 29.8 Å². The van der Waals surface area contributed by atoms with Gasteiger partial charge in [0.15, 0.2) is 6.61 Å². The molecule has 8 heteroatoms. The van der Waals surface area contributed by atoms with Gasteiger partial charge in [0.1, 0.15) is 23.0 Å². The fraction of sp³-hybridized carbons (Fsp3) is 0.462. The minimum Gasteiger partial charge on any atom is -0.495 e.